The summed E-state index contributed by atoms with van der Waals surface area (Å²) < 4.78 is 32.2. The van der Waals surface area contributed by atoms with Gasteiger partial charge in [0.05, 0.1) is 18.5 Å². The number of rotatable bonds is 6. The summed E-state index contributed by atoms with van der Waals surface area (Å²) in [5.74, 6) is -0.0605. The molecule has 2 unspecified atom stereocenters. The molecule has 0 radical (unpaired) electrons. The minimum absolute atomic E-state index is 0.0361. The molecule has 2 atom stereocenters. The van der Waals surface area contributed by atoms with Crippen LogP contribution >= 0.6 is 0 Å². The summed E-state index contributed by atoms with van der Waals surface area (Å²) >= 11 is 0. The molecule has 0 aromatic heterocycles. The highest BCUT2D eigenvalue weighted by Crippen LogP contribution is 2.22. The van der Waals surface area contributed by atoms with Gasteiger partial charge in [0.15, 0.2) is 0 Å². The Labute approximate surface area is 120 Å². The van der Waals surface area contributed by atoms with Crippen LogP contribution in [-0.2, 0) is 27.1 Å². The Morgan fingerprint density at radius 3 is 2.75 bits per heavy atom. The van der Waals surface area contributed by atoms with Crippen LogP contribution in [-0.4, -0.2) is 32.8 Å². The molecule has 1 saturated carbocycles. The summed E-state index contributed by atoms with van der Waals surface area (Å²) in [7, 11) is -1.71. The molecule has 0 heterocycles. The van der Waals surface area contributed by atoms with Gasteiger partial charge in [0.25, 0.3) is 0 Å². The zero-order chi connectivity index (χ0) is 14.6. The molecule has 0 saturated heterocycles. The highest BCUT2D eigenvalue weighted by atomic mass is 32.2. The fourth-order valence-electron chi connectivity index (χ4n) is 2.59. The standard InChI is InChI=1S/C14H21NO4S/c1-19-14-6-5-13(8-14)15-20(17,18)10-12-4-2-3-11(7-12)9-16/h2-4,7,13-16H,5-6,8-10H2,1H3. The number of nitrogens with one attached hydrogen (secondary N) is 1. The van der Waals surface area contributed by atoms with Crippen molar-refractivity contribution in [2.24, 2.45) is 0 Å². The van der Waals surface area contributed by atoms with Crippen molar-refractivity contribution >= 4 is 10.0 Å². The molecule has 0 spiro atoms. The second-order valence-corrected chi connectivity index (χ2v) is 6.98. The summed E-state index contributed by atoms with van der Waals surface area (Å²) in [6.07, 6.45) is 2.59. The summed E-state index contributed by atoms with van der Waals surface area (Å²) in [4.78, 5) is 0. The Morgan fingerprint density at radius 2 is 2.10 bits per heavy atom. The van der Waals surface area contributed by atoms with Crippen molar-refractivity contribution in [2.75, 3.05) is 7.11 Å². The fourth-order valence-corrected chi connectivity index (χ4v) is 4.02. The average Bonchev–Trinajstić information content (AvgIpc) is 2.85. The van der Waals surface area contributed by atoms with Crippen LogP contribution in [0.4, 0.5) is 0 Å². The number of aliphatic hydroxyl groups excluding tert-OH is 1. The maximum Gasteiger partial charge on any atom is 0.216 e. The van der Waals surface area contributed by atoms with E-state index in [0.29, 0.717) is 5.56 Å². The van der Waals surface area contributed by atoms with E-state index < -0.39 is 10.0 Å². The molecule has 20 heavy (non-hydrogen) atoms. The van der Waals surface area contributed by atoms with Crippen molar-refractivity contribution < 1.29 is 18.3 Å². The van der Waals surface area contributed by atoms with Crippen molar-refractivity contribution in [3.05, 3.63) is 35.4 Å². The first-order chi connectivity index (χ1) is 9.52. The molecule has 0 aliphatic heterocycles. The first-order valence-electron chi connectivity index (χ1n) is 6.74. The molecule has 6 heteroatoms. The van der Waals surface area contributed by atoms with Gasteiger partial charge in [0.2, 0.25) is 10.0 Å². The lowest BCUT2D eigenvalue weighted by molar-refractivity contribution is 0.107. The Kier molecular flexibility index (Phi) is 5.15. The monoisotopic (exact) mass is 299 g/mol. The number of sulfonamides is 1. The van der Waals surface area contributed by atoms with Gasteiger partial charge >= 0.3 is 0 Å². The first-order valence-corrected chi connectivity index (χ1v) is 8.39. The van der Waals surface area contributed by atoms with E-state index in [1.807, 2.05) is 0 Å². The Balaban J connectivity index is 1.97. The van der Waals surface area contributed by atoms with E-state index in [-0.39, 0.29) is 24.5 Å². The van der Waals surface area contributed by atoms with Crippen LogP contribution < -0.4 is 4.72 Å². The SMILES string of the molecule is COC1CCC(NS(=O)(=O)Cc2cccc(CO)c2)C1. The van der Waals surface area contributed by atoms with Gasteiger partial charge in [-0.2, -0.15) is 0 Å². The quantitative estimate of drug-likeness (QED) is 0.826. The molecule has 5 nitrogen and oxygen atoms in total. The number of ether oxygens (including phenoxy) is 1. The lowest BCUT2D eigenvalue weighted by Gasteiger charge is -2.13. The lowest BCUT2D eigenvalue weighted by atomic mass is 10.1. The summed E-state index contributed by atoms with van der Waals surface area (Å²) in [5.41, 5.74) is 1.41. The van der Waals surface area contributed by atoms with E-state index in [0.717, 1.165) is 24.8 Å². The third-order valence-corrected chi connectivity index (χ3v) is 5.00. The molecule has 1 aromatic rings. The van der Waals surface area contributed by atoms with Gasteiger partial charge in [-0.25, -0.2) is 13.1 Å². The summed E-state index contributed by atoms with van der Waals surface area (Å²) in [6.45, 7) is -0.0839. The van der Waals surface area contributed by atoms with Gasteiger partial charge < -0.3 is 9.84 Å². The zero-order valence-electron chi connectivity index (χ0n) is 11.6. The topological polar surface area (TPSA) is 75.6 Å². The van der Waals surface area contributed by atoms with Gasteiger partial charge in [0, 0.05) is 13.2 Å². The van der Waals surface area contributed by atoms with Gasteiger partial charge in [-0.1, -0.05) is 24.3 Å². The minimum Gasteiger partial charge on any atom is -0.392 e. The van der Waals surface area contributed by atoms with Crippen LogP contribution in [0.5, 0.6) is 0 Å². The fraction of sp³-hybridized carbons (Fsp3) is 0.571. The number of hydrogen-bond donors (Lipinski definition) is 2. The predicted molar refractivity (Wildman–Crippen MR) is 76.6 cm³/mol. The smallest absolute Gasteiger partial charge is 0.216 e. The first kappa shape index (κ1) is 15.4. The maximum atomic E-state index is 12.1. The zero-order valence-corrected chi connectivity index (χ0v) is 12.4. The van der Waals surface area contributed by atoms with Gasteiger partial charge in [-0.3, -0.25) is 0 Å². The Bertz CT molecular complexity index is 544. The molecular weight excluding hydrogens is 278 g/mol. The van der Waals surface area contributed by atoms with Crippen LogP contribution in [0.15, 0.2) is 24.3 Å². The molecular formula is C14H21NO4S. The largest absolute Gasteiger partial charge is 0.392 e. The second kappa shape index (κ2) is 6.67. The third kappa shape index (κ3) is 4.28. The van der Waals surface area contributed by atoms with Crippen molar-refractivity contribution in [2.45, 2.75) is 43.8 Å². The maximum absolute atomic E-state index is 12.1. The van der Waals surface area contributed by atoms with Crippen molar-refractivity contribution in [3.8, 4) is 0 Å². The van der Waals surface area contributed by atoms with Crippen molar-refractivity contribution in [1.29, 1.82) is 0 Å². The molecule has 1 aliphatic carbocycles. The Hall–Kier alpha value is -0.950. The number of benzene rings is 1. The molecule has 1 aromatic carbocycles. The number of aliphatic hydroxyl groups is 1. The molecule has 2 N–H and O–H groups in total. The van der Waals surface area contributed by atoms with E-state index in [1.54, 1.807) is 31.4 Å². The number of methoxy groups -OCH3 is 1. The average molecular weight is 299 g/mol. The predicted octanol–water partition coefficient (Wildman–Crippen LogP) is 1.17. The summed E-state index contributed by atoms with van der Waals surface area (Å²) in [6, 6.07) is 6.96. The van der Waals surface area contributed by atoms with Gasteiger partial charge in [0.1, 0.15) is 0 Å². The normalized spacial score (nSPS) is 23.1. The molecule has 112 valence electrons. The van der Waals surface area contributed by atoms with E-state index in [9.17, 15) is 8.42 Å². The molecule has 0 amide bonds. The van der Waals surface area contributed by atoms with Crippen LogP contribution in [0.1, 0.15) is 30.4 Å². The second-order valence-electron chi connectivity index (χ2n) is 5.22. The van der Waals surface area contributed by atoms with E-state index in [1.165, 1.54) is 0 Å². The minimum atomic E-state index is -3.36. The highest BCUT2D eigenvalue weighted by Gasteiger charge is 2.27. The van der Waals surface area contributed by atoms with Crippen LogP contribution in [0.25, 0.3) is 0 Å². The van der Waals surface area contributed by atoms with Crippen LogP contribution in [0, 0.1) is 0 Å². The third-order valence-electron chi connectivity index (χ3n) is 3.59. The van der Waals surface area contributed by atoms with E-state index >= 15 is 0 Å². The van der Waals surface area contributed by atoms with Gasteiger partial charge in [-0.15, -0.1) is 0 Å². The summed E-state index contributed by atoms with van der Waals surface area (Å²) in [5, 5.41) is 9.07. The van der Waals surface area contributed by atoms with Crippen molar-refractivity contribution in [1.82, 2.24) is 4.72 Å². The molecule has 2 rings (SSSR count). The van der Waals surface area contributed by atoms with Crippen LogP contribution in [0.2, 0.25) is 0 Å². The van der Waals surface area contributed by atoms with Crippen LogP contribution in [0.3, 0.4) is 0 Å². The lowest BCUT2D eigenvalue weighted by Crippen LogP contribution is -2.34. The highest BCUT2D eigenvalue weighted by molar-refractivity contribution is 7.88. The molecule has 1 aliphatic rings. The molecule has 1 fully saturated rings. The van der Waals surface area contributed by atoms with E-state index in [2.05, 4.69) is 4.72 Å². The van der Waals surface area contributed by atoms with Crippen molar-refractivity contribution in [3.63, 3.8) is 0 Å². The van der Waals surface area contributed by atoms with E-state index in [4.69, 9.17) is 9.84 Å². The number of hydrogen-bond acceptors (Lipinski definition) is 4. The Morgan fingerprint density at radius 1 is 1.35 bits per heavy atom. The molecule has 0 bridgehead atoms. The van der Waals surface area contributed by atoms with Gasteiger partial charge in [-0.05, 0) is 30.4 Å².